The predicted molar refractivity (Wildman–Crippen MR) is 65.2 cm³/mol. The number of hydrogen-bond donors (Lipinski definition) is 0. The van der Waals surface area contributed by atoms with Crippen LogP contribution >= 0.6 is 22.6 Å². The Balaban J connectivity index is 2.03. The van der Waals surface area contributed by atoms with Crippen molar-refractivity contribution >= 4 is 28.3 Å². The summed E-state index contributed by atoms with van der Waals surface area (Å²) in [4.78, 5) is 2.45. The van der Waals surface area contributed by atoms with Crippen LogP contribution in [0.1, 0.15) is 13.3 Å². The fraction of sp³-hybridized carbons (Fsp3) is 0.455. The zero-order chi connectivity index (χ0) is 9.26. The average Bonchev–Trinajstić information content (AvgIpc) is 2.02. The van der Waals surface area contributed by atoms with Crippen molar-refractivity contribution < 1.29 is 0 Å². The van der Waals surface area contributed by atoms with Crippen LogP contribution in [0.15, 0.2) is 24.3 Å². The van der Waals surface area contributed by atoms with Crippen LogP contribution in [-0.4, -0.2) is 13.1 Å². The first-order valence-corrected chi connectivity index (χ1v) is 5.88. The molecule has 0 amide bonds. The van der Waals surface area contributed by atoms with Crippen LogP contribution in [0.25, 0.3) is 0 Å². The van der Waals surface area contributed by atoms with Gasteiger partial charge in [-0.2, -0.15) is 0 Å². The third-order valence-electron chi connectivity index (χ3n) is 2.71. The molecule has 0 spiro atoms. The van der Waals surface area contributed by atoms with Crippen LogP contribution in [0, 0.1) is 9.49 Å². The zero-order valence-corrected chi connectivity index (χ0v) is 9.99. The van der Waals surface area contributed by atoms with Crippen molar-refractivity contribution in [1.82, 2.24) is 0 Å². The first kappa shape index (κ1) is 9.31. The van der Waals surface area contributed by atoms with Gasteiger partial charge >= 0.3 is 0 Å². The molecule has 0 aromatic heterocycles. The summed E-state index contributed by atoms with van der Waals surface area (Å²) in [5.41, 5.74) is 1.39. The van der Waals surface area contributed by atoms with Crippen LogP contribution in [-0.2, 0) is 0 Å². The van der Waals surface area contributed by atoms with E-state index in [1.54, 1.807) is 0 Å². The van der Waals surface area contributed by atoms with Crippen molar-refractivity contribution in [3.63, 3.8) is 0 Å². The molecule has 0 radical (unpaired) electrons. The Morgan fingerprint density at radius 1 is 1.46 bits per heavy atom. The summed E-state index contributed by atoms with van der Waals surface area (Å²) in [7, 11) is 0. The molecular weight excluding hydrogens is 273 g/mol. The van der Waals surface area contributed by atoms with Gasteiger partial charge in [0.1, 0.15) is 0 Å². The molecule has 0 aliphatic carbocycles. The predicted octanol–water partition coefficient (Wildman–Crippen LogP) is 3.14. The zero-order valence-electron chi connectivity index (χ0n) is 7.83. The highest BCUT2D eigenvalue weighted by Crippen LogP contribution is 2.27. The lowest BCUT2D eigenvalue weighted by Crippen LogP contribution is -2.46. The highest BCUT2D eigenvalue weighted by atomic mass is 127. The van der Waals surface area contributed by atoms with Crippen LogP contribution in [0.2, 0.25) is 0 Å². The van der Waals surface area contributed by atoms with E-state index in [2.05, 4.69) is 58.7 Å². The second-order valence-corrected chi connectivity index (χ2v) is 4.90. The molecule has 1 aromatic rings. The lowest BCUT2D eigenvalue weighted by Gasteiger charge is -2.40. The standard InChI is InChI=1S/C11H14IN/c1-2-9-7-13(8-9)11-5-3-4-10(12)6-11/h3-6,9H,2,7-8H2,1H3. The minimum atomic E-state index is 0.929. The van der Waals surface area contributed by atoms with Gasteiger partial charge in [0.25, 0.3) is 0 Å². The van der Waals surface area contributed by atoms with Crippen molar-refractivity contribution in [3.05, 3.63) is 27.8 Å². The van der Waals surface area contributed by atoms with E-state index in [1.165, 1.54) is 28.8 Å². The molecule has 0 atom stereocenters. The molecule has 0 N–H and O–H groups in total. The van der Waals surface area contributed by atoms with Gasteiger partial charge < -0.3 is 4.90 Å². The molecule has 0 bridgehead atoms. The number of anilines is 1. The van der Waals surface area contributed by atoms with E-state index >= 15 is 0 Å². The minimum Gasteiger partial charge on any atom is -0.371 e. The van der Waals surface area contributed by atoms with Crippen LogP contribution in [0.3, 0.4) is 0 Å². The molecule has 1 nitrogen and oxygen atoms in total. The Hall–Kier alpha value is -0.250. The van der Waals surface area contributed by atoms with Crippen molar-refractivity contribution in [3.8, 4) is 0 Å². The fourth-order valence-electron chi connectivity index (χ4n) is 1.71. The molecule has 70 valence electrons. The first-order valence-electron chi connectivity index (χ1n) is 4.80. The van der Waals surface area contributed by atoms with E-state index in [0.29, 0.717) is 0 Å². The maximum absolute atomic E-state index is 2.45. The second-order valence-electron chi connectivity index (χ2n) is 3.66. The molecule has 0 unspecified atom stereocenters. The molecule has 0 saturated carbocycles. The molecule has 1 aromatic carbocycles. The van der Waals surface area contributed by atoms with E-state index < -0.39 is 0 Å². The third-order valence-corrected chi connectivity index (χ3v) is 3.38. The van der Waals surface area contributed by atoms with Gasteiger partial charge in [-0.3, -0.25) is 0 Å². The molecule has 1 aliphatic rings. The topological polar surface area (TPSA) is 3.24 Å². The Bertz CT molecular complexity index is 292. The van der Waals surface area contributed by atoms with Crippen molar-refractivity contribution in [2.75, 3.05) is 18.0 Å². The lowest BCUT2D eigenvalue weighted by molar-refractivity contribution is 0.399. The van der Waals surface area contributed by atoms with Gasteiger partial charge in [0, 0.05) is 22.3 Å². The first-order chi connectivity index (χ1) is 6.29. The van der Waals surface area contributed by atoms with Crippen LogP contribution in [0.4, 0.5) is 5.69 Å². The van der Waals surface area contributed by atoms with Crippen molar-refractivity contribution in [2.24, 2.45) is 5.92 Å². The van der Waals surface area contributed by atoms with Gasteiger partial charge in [-0.25, -0.2) is 0 Å². The summed E-state index contributed by atoms with van der Waals surface area (Å²) in [5, 5.41) is 0. The summed E-state index contributed by atoms with van der Waals surface area (Å²) in [5.74, 6) is 0.929. The molecule has 2 rings (SSSR count). The van der Waals surface area contributed by atoms with Gasteiger partial charge in [0.2, 0.25) is 0 Å². The monoisotopic (exact) mass is 287 g/mol. The fourth-order valence-corrected chi connectivity index (χ4v) is 2.24. The highest BCUT2D eigenvalue weighted by Gasteiger charge is 2.24. The van der Waals surface area contributed by atoms with Gasteiger partial charge in [0.15, 0.2) is 0 Å². The molecule has 2 heteroatoms. The maximum Gasteiger partial charge on any atom is 0.0377 e. The summed E-state index contributed by atoms with van der Waals surface area (Å²) in [6.07, 6.45) is 1.32. The average molecular weight is 287 g/mol. The lowest BCUT2D eigenvalue weighted by atomic mass is 9.97. The number of halogens is 1. The van der Waals surface area contributed by atoms with Crippen LogP contribution < -0.4 is 4.90 Å². The summed E-state index contributed by atoms with van der Waals surface area (Å²) < 4.78 is 1.33. The van der Waals surface area contributed by atoms with E-state index in [4.69, 9.17) is 0 Å². The Morgan fingerprint density at radius 2 is 2.23 bits per heavy atom. The Kier molecular flexibility index (Phi) is 2.77. The smallest absolute Gasteiger partial charge is 0.0377 e. The molecule has 1 fully saturated rings. The summed E-state index contributed by atoms with van der Waals surface area (Å²) in [6, 6.07) is 8.73. The van der Waals surface area contributed by atoms with Gasteiger partial charge in [-0.1, -0.05) is 13.0 Å². The molecule has 1 aliphatic heterocycles. The second kappa shape index (κ2) is 3.86. The molecule has 1 saturated heterocycles. The van der Waals surface area contributed by atoms with E-state index in [-0.39, 0.29) is 0 Å². The number of hydrogen-bond acceptors (Lipinski definition) is 1. The molecule has 13 heavy (non-hydrogen) atoms. The van der Waals surface area contributed by atoms with Gasteiger partial charge in [-0.05, 0) is 53.1 Å². The minimum absolute atomic E-state index is 0.929. The number of rotatable bonds is 2. The Morgan fingerprint density at radius 3 is 2.85 bits per heavy atom. The van der Waals surface area contributed by atoms with Gasteiger partial charge in [0.05, 0.1) is 0 Å². The van der Waals surface area contributed by atoms with Crippen LogP contribution in [0.5, 0.6) is 0 Å². The SMILES string of the molecule is CCC1CN(c2cccc(I)c2)C1. The van der Waals surface area contributed by atoms with E-state index in [1.807, 2.05) is 0 Å². The van der Waals surface area contributed by atoms with Crippen molar-refractivity contribution in [1.29, 1.82) is 0 Å². The quantitative estimate of drug-likeness (QED) is 0.755. The number of nitrogens with zero attached hydrogens (tertiary/aromatic N) is 1. The maximum atomic E-state index is 2.45. The normalized spacial score (nSPS) is 17.2. The third kappa shape index (κ3) is 1.98. The van der Waals surface area contributed by atoms with E-state index in [9.17, 15) is 0 Å². The molecule has 1 heterocycles. The van der Waals surface area contributed by atoms with E-state index in [0.717, 1.165) is 5.92 Å². The van der Waals surface area contributed by atoms with Gasteiger partial charge in [-0.15, -0.1) is 0 Å². The number of benzene rings is 1. The summed E-state index contributed by atoms with van der Waals surface area (Å²) in [6.45, 7) is 4.77. The largest absolute Gasteiger partial charge is 0.371 e. The van der Waals surface area contributed by atoms with Crippen molar-refractivity contribution in [2.45, 2.75) is 13.3 Å². The Labute approximate surface area is 93.3 Å². The summed E-state index contributed by atoms with van der Waals surface area (Å²) >= 11 is 2.37. The molecular formula is C11H14IN. The highest BCUT2D eigenvalue weighted by molar-refractivity contribution is 14.1.